The quantitative estimate of drug-likeness (QED) is 0.596. The summed E-state index contributed by atoms with van der Waals surface area (Å²) in [6, 6.07) is -0.653. The number of nitrogens with one attached hydrogen (secondary N) is 1. The van der Waals surface area contributed by atoms with Crippen LogP contribution in [0, 0.1) is 6.92 Å². The van der Waals surface area contributed by atoms with Crippen molar-refractivity contribution in [3.05, 3.63) is 12.1 Å². The molecule has 3 N–H and O–H groups in total. The van der Waals surface area contributed by atoms with Gasteiger partial charge in [0.15, 0.2) is 6.39 Å². The third-order valence-electron chi connectivity index (χ3n) is 0.982. The van der Waals surface area contributed by atoms with Gasteiger partial charge in [0.25, 0.3) is 0 Å². The molecule has 0 bridgehead atoms. The summed E-state index contributed by atoms with van der Waals surface area (Å²) in [7, 11) is 0. The number of carbonyl (C=O) groups excluding carboxylic acids is 1. The molecule has 0 saturated carbocycles. The number of aromatic nitrogens is 1. The topological polar surface area (TPSA) is 81.2 Å². The summed E-state index contributed by atoms with van der Waals surface area (Å²) in [6.07, 6.45) is 1.24. The summed E-state index contributed by atoms with van der Waals surface area (Å²) in [5.74, 6) is 0.299. The average molecular weight is 141 g/mol. The molecule has 1 heterocycles. The number of rotatable bonds is 1. The van der Waals surface area contributed by atoms with Crippen LogP contribution in [0.25, 0.3) is 0 Å². The summed E-state index contributed by atoms with van der Waals surface area (Å²) in [5, 5.41) is 2.26. The lowest BCUT2D eigenvalue weighted by molar-refractivity contribution is 0.259. The summed E-state index contributed by atoms with van der Waals surface area (Å²) in [4.78, 5) is 14.0. The van der Waals surface area contributed by atoms with Gasteiger partial charge in [-0.3, -0.25) is 5.32 Å². The number of nitrogens with two attached hydrogens (primary N) is 1. The molecule has 0 unspecified atom stereocenters. The molecule has 0 atom stereocenters. The number of hydrogen-bond acceptors (Lipinski definition) is 3. The van der Waals surface area contributed by atoms with E-state index in [2.05, 4.69) is 10.3 Å². The van der Waals surface area contributed by atoms with Crippen molar-refractivity contribution < 1.29 is 9.21 Å². The number of primary amides is 1. The van der Waals surface area contributed by atoms with Crippen LogP contribution < -0.4 is 11.1 Å². The van der Waals surface area contributed by atoms with Gasteiger partial charge < -0.3 is 10.2 Å². The Kier molecular flexibility index (Phi) is 1.57. The fraction of sp³-hybridized carbons (Fsp3) is 0.200. The fourth-order valence-electron chi connectivity index (χ4n) is 0.534. The minimum atomic E-state index is -0.653. The first-order valence-electron chi connectivity index (χ1n) is 2.66. The van der Waals surface area contributed by atoms with Gasteiger partial charge in [-0.1, -0.05) is 0 Å². The normalized spacial score (nSPS) is 9.30. The number of carbonyl (C=O) groups is 1. The molecule has 0 aliphatic heterocycles. The Labute approximate surface area is 57.2 Å². The van der Waals surface area contributed by atoms with Gasteiger partial charge in [-0.05, 0) is 6.92 Å². The largest absolute Gasteiger partial charge is 0.427 e. The zero-order valence-electron chi connectivity index (χ0n) is 5.42. The van der Waals surface area contributed by atoms with E-state index in [1.54, 1.807) is 6.92 Å². The van der Waals surface area contributed by atoms with E-state index in [-0.39, 0.29) is 0 Å². The van der Waals surface area contributed by atoms with Crippen molar-refractivity contribution in [2.45, 2.75) is 6.92 Å². The Morgan fingerprint density at radius 2 is 2.60 bits per heavy atom. The smallest absolute Gasteiger partial charge is 0.319 e. The Bertz CT molecular complexity index is 243. The molecule has 5 heteroatoms. The van der Waals surface area contributed by atoms with E-state index < -0.39 is 6.03 Å². The minimum Gasteiger partial charge on any atom is -0.427 e. The average Bonchev–Trinajstić information content (AvgIpc) is 2.15. The number of anilines is 1. The van der Waals surface area contributed by atoms with Crippen molar-refractivity contribution in [1.82, 2.24) is 4.98 Å². The Balaban J connectivity index is 2.74. The lowest BCUT2D eigenvalue weighted by atomic mass is 10.5. The van der Waals surface area contributed by atoms with Gasteiger partial charge in [-0.15, -0.1) is 0 Å². The molecule has 1 rings (SSSR count). The van der Waals surface area contributed by atoms with Gasteiger partial charge in [0.2, 0.25) is 5.88 Å². The van der Waals surface area contributed by atoms with Gasteiger partial charge in [-0.25, -0.2) is 9.78 Å². The third kappa shape index (κ3) is 1.25. The zero-order valence-corrected chi connectivity index (χ0v) is 5.42. The summed E-state index contributed by atoms with van der Waals surface area (Å²) in [6.45, 7) is 1.70. The highest BCUT2D eigenvalue weighted by Crippen LogP contribution is 2.10. The van der Waals surface area contributed by atoms with Crippen LogP contribution in [0.4, 0.5) is 10.7 Å². The molecule has 0 aromatic carbocycles. The SMILES string of the molecule is Cc1ncoc1NC(N)=O. The molecule has 0 aliphatic rings. The monoisotopic (exact) mass is 141 g/mol. The second kappa shape index (κ2) is 2.38. The van der Waals surface area contributed by atoms with Crippen molar-refractivity contribution in [1.29, 1.82) is 0 Å². The van der Waals surface area contributed by atoms with E-state index >= 15 is 0 Å². The van der Waals surface area contributed by atoms with Gasteiger partial charge in [0.1, 0.15) is 5.69 Å². The van der Waals surface area contributed by atoms with Crippen LogP contribution in [0.15, 0.2) is 10.8 Å². The fourth-order valence-corrected chi connectivity index (χ4v) is 0.534. The number of nitrogens with zero attached hydrogens (tertiary/aromatic N) is 1. The minimum absolute atomic E-state index is 0.299. The number of aryl methyl sites for hydroxylation is 1. The van der Waals surface area contributed by atoms with Gasteiger partial charge >= 0.3 is 6.03 Å². The molecule has 0 aliphatic carbocycles. The van der Waals surface area contributed by atoms with E-state index in [4.69, 9.17) is 10.2 Å². The van der Waals surface area contributed by atoms with Crippen LogP contribution in [0.2, 0.25) is 0 Å². The van der Waals surface area contributed by atoms with Crippen LogP contribution in [0.1, 0.15) is 5.69 Å². The highest BCUT2D eigenvalue weighted by molar-refractivity contribution is 5.86. The standard InChI is InChI=1S/C5H7N3O2/c1-3-4(8-5(6)9)10-2-7-3/h2H,1H3,(H3,6,8,9). The highest BCUT2D eigenvalue weighted by Gasteiger charge is 2.03. The maximum atomic E-state index is 10.2. The Hall–Kier alpha value is -1.52. The molecular formula is C5H7N3O2. The number of oxazole rings is 1. The van der Waals surface area contributed by atoms with Crippen molar-refractivity contribution in [2.24, 2.45) is 5.73 Å². The first-order valence-corrected chi connectivity index (χ1v) is 2.66. The maximum Gasteiger partial charge on any atom is 0.319 e. The number of urea groups is 1. The molecule has 1 aromatic rings. The Morgan fingerprint density at radius 1 is 1.90 bits per heavy atom. The lowest BCUT2D eigenvalue weighted by Crippen LogP contribution is -2.19. The molecule has 0 radical (unpaired) electrons. The molecule has 0 spiro atoms. The molecule has 0 fully saturated rings. The van der Waals surface area contributed by atoms with E-state index in [0.29, 0.717) is 11.6 Å². The molecule has 10 heavy (non-hydrogen) atoms. The molecule has 5 nitrogen and oxygen atoms in total. The molecular weight excluding hydrogens is 134 g/mol. The van der Waals surface area contributed by atoms with E-state index in [0.717, 1.165) is 0 Å². The predicted molar refractivity (Wildman–Crippen MR) is 34.4 cm³/mol. The summed E-state index contributed by atoms with van der Waals surface area (Å²) in [5.41, 5.74) is 5.42. The van der Waals surface area contributed by atoms with Crippen molar-refractivity contribution in [2.75, 3.05) is 5.32 Å². The molecule has 2 amide bonds. The van der Waals surface area contributed by atoms with E-state index in [1.807, 2.05) is 0 Å². The van der Waals surface area contributed by atoms with Crippen LogP contribution in [-0.4, -0.2) is 11.0 Å². The third-order valence-corrected chi connectivity index (χ3v) is 0.982. The first-order chi connectivity index (χ1) is 4.70. The predicted octanol–water partition coefficient (Wildman–Crippen LogP) is 0.474. The second-order valence-electron chi connectivity index (χ2n) is 1.76. The van der Waals surface area contributed by atoms with Gasteiger partial charge in [0.05, 0.1) is 0 Å². The summed E-state index contributed by atoms with van der Waals surface area (Å²) >= 11 is 0. The Morgan fingerprint density at radius 3 is 3.00 bits per heavy atom. The maximum absolute atomic E-state index is 10.2. The van der Waals surface area contributed by atoms with Crippen molar-refractivity contribution >= 4 is 11.9 Å². The van der Waals surface area contributed by atoms with Gasteiger partial charge in [-0.2, -0.15) is 0 Å². The van der Waals surface area contributed by atoms with Crippen LogP contribution in [-0.2, 0) is 0 Å². The molecule has 0 saturated heterocycles. The number of amides is 2. The molecule has 1 aromatic heterocycles. The highest BCUT2D eigenvalue weighted by atomic mass is 16.4. The van der Waals surface area contributed by atoms with E-state index in [1.165, 1.54) is 6.39 Å². The molecule has 54 valence electrons. The van der Waals surface area contributed by atoms with Crippen LogP contribution in [0.5, 0.6) is 0 Å². The van der Waals surface area contributed by atoms with Gasteiger partial charge in [0, 0.05) is 0 Å². The first kappa shape index (κ1) is 6.60. The van der Waals surface area contributed by atoms with Crippen LogP contribution in [0.3, 0.4) is 0 Å². The van der Waals surface area contributed by atoms with Crippen molar-refractivity contribution in [3.8, 4) is 0 Å². The van der Waals surface area contributed by atoms with Crippen LogP contribution >= 0.6 is 0 Å². The second-order valence-corrected chi connectivity index (χ2v) is 1.76. The summed E-state index contributed by atoms with van der Waals surface area (Å²) < 4.78 is 4.75. The lowest BCUT2D eigenvalue weighted by Gasteiger charge is -1.93. The van der Waals surface area contributed by atoms with Crippen molar-refractivity contribution in [3.63, 3.8) is 0 Å². The number of hydrogen-bond donors (Lipinski definition) is 2. The van der Waals surface area contributed by atoms with E-state index in [9.17, 15) is 4.79 Å². The zero-order chi connectivity index (χ0) is 7.56.